The number of likely N-dealkylation sites (tertiary alicyclic amines) is 1. The van der Waals surface area contributed by atoms with Crippen LogP contribution in [0.2, 0.25) is 0 Å². The molecule has 5 rings (SSSR count). The maximum absolute atomic E-state index is 12.8. The van der Waals surface area contributed by atoms with Crippen LogP contribution in [0.1, 0.15) is 33.8 Å². The Balaban J connectivity index is 1.47. The second kappa shape index (κ2) is 11.3. The van der Waals surface area contributed by atoms with Gasteiger partial charge in [-0.15, -0.1) is 11.3 Å². The molecule has 4 heterocycles. The number of nitrogens with one attached hydrogen (secondary N) is 1. The SMILES string of the molecule is CN(C)CCNC(=O)c1cc2c(/C(=N/OCCN3CCCC3)c3ccc4c(c3)OCO4)nc(N)nc2s1. The van der Waals surface area contributed by atoms with E-state index in [1.165, 1.54) is 24.2 Å². The fourth-order valence-corrected chi connectivity index (χ4v) is 5.23. The smallest absolute Gasteiger partial charge is 0.261 e. The quantitative estimate of drug-likeness (QED) is 0.232. The van der Waals surface area contributed by atoms with Crippen molar-refractivity contribution in [3.63, 3.8) is 0 Å². The van der Waals surface area contributed by atoms with Crippen molar-refractivity contribution in [2.45, 2.75) is 12.8 Å². The summed E-state index contributed by atoms with van der Waals surface area (Å²) in [5, 5.41) is 8.13. The van der Waals surface area contributed by atoms with E-state index in [2.05, 4.69) is 25.3 Å². The molecule has 2 aromatic heterocycles. The van der Waals surface area contributed by atoms with E-state index >= 15 is 0 Å². The number of carbonyl (C=O) groups is 1. The van der Waals surface area contributed by atoms with Crippen LogP contribution < -0.4 is 20.5 Å². The molecule has 1 fully saturated rings. The van der Waals surface area contributed by atoms with Gasteiger partial charge in [-0.1, -0.05) is 5.16 Å². The van der Waals surface area contributed by atoms with Crippen LogP contribution in [0.25, 0.3) is 10.2 Å². The van der Waals surface area contributed by atoms with Crippen LogP contribution in [0.3, 0.4) is 0 Å². The normalized spacial score (nSPS) is 15.6. The molecule has 37 heavy (non-hydrogen) atoms. The molecule has 3 aromatic rings. The first kappa shape index (κ1) is 25.2. The molecule has 1 saturated heterocycles. The number of rotatable bonds is 10. The number of thiophene rings is 1. The summed E-state index contributed by atoms with van der Waals surface area (Å²) in [5.74, 6) is 1.21. The lowest BCUT2D eigenvalue weighted by atomic mass is 10.0. The summed E-state index contributed by atoms with van der Waals surface area (Å²) in [6.07, 6.45) is 2.43. The number of carbonyl (C=O) groups excluding carboxylic acids is 1. The zero-order valence-corrected chi connectivity index (χ0v) is 21.8. The van der Waals surface area contributed by atoms with Crippen molar-refractivity contribution in [3.05, 3.63) is 40.4 Å². The molecule has 2 aliphatic rings. The van der Waals surface area contributed by atoms with Gasteiger partial charge in [0.05, 0.1) is 4.88 Å². The molecule has 196 valence electrons. The Morgan fingerprint density at radius 2 is 2.03 bits per heavy atom. The molecule has 0 spiro atoms. The lowest BCUT2D eigenvalue weighted by Crippen LogP contribution is -2.30. The number of nitrogens with zero attached hydrogens (tertiary/aromatic N) is 5. The summed E-state index contributed by atoms with van der Waals surface area (Å²) in [7, 11) is 3.92. The van der Waals surface area contributed by atoms with Crippen molar-refractivity contribution in [2.75, 3.05) is 66.0 Å². The van der Waals surface area contributed by atoms with Crippen LogP contribution in [0.5, 0.6) is 11.5 Å². The number of amides is 1. The Morgan fingerprint density at radius 3 is 2.84 bits per heavy atom. The lowest BCUT2D eigenvalue weighted by Gasteiger charge is -2.14. The summed E-state index contributed by atoms with van der Waals surface area (Å²) < 4.78 is 11.1. The molecule has 0 unspecified atom stereocenters. The topological polar surface area (TPSA) is 127 Å². The molecule has 11 nitrogen and oxygen atoms in total. The molecule has 2 aliphatic heterocycles. The summed E-state index contributed by atoms with van der Waals surface area (Å²) in [5.41, 5.74) is 7.80. The Bertz CT molecular complexity index is 1300. The predicted octanol–water partition coefficient (Wildman–Crippen LogP) is 2.16. The number of nitrogen functional groups attached to an aromatic ring is 1. The van der Waals surface area contributed by atoms with E-state index in [0.29, 0.717) is 51.2 Å². The molecule has 0 bridgehead atoms. The minimum absolute atomic E-state index is 0.0921. The number of aromatic nitrogens is 2. The van der Waals surface area contributed by atoms with Gasteiger partial charge < -0.3 is 30.3 Å². The Hall–Kier alpha value is -3.48. The highest BCUT2D eigenvalue weighted by molar-refractivity contribution is 7.20. The maximum atomic E-state index is 12.8. The summed E-state index contributed by atoms with van der Waals surface area (Å²) in [6.45, 7) is 4.85. The third kappa shape index (κ3) is 5.92. The highest BCUT2D eigenvalue weighted by atomic mass is 32.1. The standard InChI is InChI=1S/C25H31N7O4S/c1-31(2)10-7-27-23(33)20-14-17-22(28-25(26)29-24(17)37-20)21(30-36-12-11-32-8-3-4-9-32)16-5-6-18-19(13-16)35-15-34-18/h5-6,13-14H,3-4,7-12,15H2,1-2H3,(H,27,33)(H2,26,28,29)/b30-21+. The molecule has 3 N–H and O–H groups in total. The average molecular weight is 526 g/mol. The first-order valence-electron chi connectivity index (χ1n) is 12.3. The van der Waals surface area contributed by atoms with E-state index in [1.54, 1.807) is 6.07 Å². The average Bonchev–Trinajstić information content (AvgIpc) is 3.63. The van der Waals surface area contributed by atoms with Crippen molar-refractivity contribution >= 4 is 39.1 Å². The van der Waals surface area contributed by atoms with Crippen LogP contribution in [-0.4, -0.2) is 91.6 Å². The lowest BCUT2D eigenvalue weighted by molar-refractivity contribution is 0.0955. The van der Waals surface area contributed by atoms with E-state index in [1.807, 2.05) is 37.2 Å². The molecule has 0 atom stereocenters. The second-order valence-electron chi connectivity index (χ2n) is 9.21. The van der Waals surface area contributed by atoms with Gasteiger partial charge >= 0.3 is 0 Å². The van der Waals surface area contributed by atoms with Gasteiger partial charge in [0.2, 0.25) is 12.7 Å². The van der Waals surface area contributed by atoms with Gasteiger partial charge in [0.1, 0.15) is 22.8 Å². The molecule has 0 aliphatic carbocycles. The van der Waals surface area contributed by atoms with Gasteiger partial charge in [-0.3, -0.25) is 9.69 Å². The number of anilines is 1. The Labute approximate surface area is 219 Å². The van der Waals surface area contributed by atoms with E-state index in [-0.39, 0.29) is 18.6 Å². The van der Waals surface area contributed by atoms with Crippen molar-refractivity contribution < 1.29 is 19.1 Å². The van der Waals surface area contributed by atoms with Crippen molar-refractivity contribution in [3.8, 4) is 11.5 Å². The molecule has 1 amide bonds. The Kier molecular flexibility index (Phi) is 7.68. The van der Waals surface area contributed by atoms with Gasteiger partial charge in [0, 0.05) is 30.6 Å². The minimum atomic E-state index is -0.169. The molecule has 12 heteroatoms. The van der Waals surface area contributed by atoms with Gasteiger partial charge in [0.25, 0.3) is 5.91 Å². The van der Waals surface area contributed by atoms with Crippen molar-refractivity contribution in [1.82, 2.24) is 25.1 Å². The summed E-state index contributed by atoms with van der Waals surface area (Å²) in [4.78, 5) is 33.0. The molecule has 1 aromatic carbocycles. The van der Waals surface area contributed by atoms with Crippen LogP contribution >= 0.6 is 11.3 Å². The van der Waals surface area contributed by atoms with Crippen molar-refractivity contribution in [2.24, 2.45) is 5.16 Å². The number of ether oxygens (including phenoxy) is 2. The first-order chi connectivity index (χ1) is 18.0. The van der Waals surface area contributed by atoms with Gasteiger partial charge in [-0.2, -0.15) is 0 Å². The van der Waals surface area contributed by atoms with Gasteiger partial charge in [0.15, 0.2) is 11.5 Å². The van der Waals surface area contributed by atoms with E-state index in [4.69, 9.17) is 20.0 Å². The van der Waals surface area contributed by atoms with E-state index < -0.39 is 0 Å². The molecule has 0 radical (unpaired) electrons. The second-order valence-corrected chi connectivity index (χ2v) is 10.2. The Morgan fingerprint density at radius 1 is 1.22 bits per heavy atom. The van der Waals surface area contributed by atoms with Crippen molar-refractivity contribution in [1.29, 1.82) is 0 Å². The van der Waals surface area contributed by atoms with Crippen LogP contribution in [0.15, 0.2) is 29.4 Å². The summed E-state index contributed by atoms with van der Waals surface area (Å²) in [6, 6.07) is 7.33. The fraction of sp³-hybridized carbons (Fsp3) is 0.440. The summed E-state index contributed by atoms with van der Waals surface area (Å²) >= 11 is 1.27. The molecular formula is C25H31N7O4S. The highest BCUT2D eigenvalue weighted by Crippen LogP contribution is 2.34. The minimum Gasteiger partial charge on any atom is -0.454 e. The van der Waals surface area contributed by atoms with E-state index in [0.717, 1.165) is 31.7 Å². The zero-order valence-electron chi connectivity index (χ0n) is 21.0. The predicted molar refractivity (Wildman–Crippen MR) is 143 cm³/mol. The van der Waals surface area contributed by atoms with Gasteiger partial charge in [-0.05, 0) is 64.3 Å². The molecule has 0 saturated carbocycles. The number of hydrogen-bond donors (Lipinski definition) is 2. The van der Waals surface area contributed by atoms with Crippen LogP contribution in [-0.2, 0) is 4.84 Å². The number of hydrogen-bond acceptors (Lipinski definition) is 11. The largest absolute Gasteiger partial charge is 0.454 e. The van der Waals surface area contributed by atoms with E-state index in [9.17, 15) is 4.79 Å². The highest BCUT2D eigenvalue weighted by Gasteiger charge is 2.23. The number of nitrogens with two attached hydrogens (primary N) is 1. The van der Waals surface area contributed by atoms with Crippen LogP contribution in [0, 0.1) is 0 Å². The fourth-order valence-electron chi connectivity index (χ4n) is 4.27. The third-order valence-corrected chi connectivity index (χ3v) is 7.23. The van der Waals surface area contributed by atoms with Crippen LogP contribution in [0.4, 0.5) is 5.95 Å². The third-order valence-electron chi connectivity index (χ3n) is 6.20. The monoisotopic (exact) mass is 525 g/mol. The molecular weight excluding hydrogens is 494 g/mol. The number of benzene rings is 1. The number of oxime groups is 1. The maximum Gasteiger partial charge on any atom is 0.261 e. The zero-order chi connectivity index (χ0) is 25.8. The number of likely N-dealkylation sites (N-methyl/N-ethyl adjacent to an activating group) is 1. The first-order valence-corrected chi connectivity index (χ1v) is 13.1. The van der Waals surface area contributed by atoms with Gasteiger partial charge in [-0.25, -0.2) is 9.97 Å². The number of fused-ring (bicyclic) bond motifs is 2.